The van der Waals surface area contributed by atoms with Gasteiger partial charge in [0, 0.05) is 22.9 Å². The Bertz CT molecular complexity index is 1170. The number of hydrogen-bond donors (Lipinski definition) is 1. The van der Waals surface area contributed by atoms with E-state index in [1.807, 2.05) is 27.7 Å². The number of nitrogens with zero attached hydrogens (tertiary/aromatic N) is 1. The van der Waals surface area contributed by atoms with E-state index in [0.717, 1.165) is 6.42 Å². The number of anilines is 1. The highest BCUT2D eigenvalue weighted by Crippen LogP contribution is 2.50. The van der Waals surface area contributed by atoms with Gasteiger partial charge < -0.3 is 10.2 Å². The topological polar surface area (TPSA) is 15.3 Å². The molecule has 0 bridgehead atoms. The van der Waals surface area contributed by atoms with Crippen LogP contribution in [0.25, 0.3) is 16.8 Å². The lowest BCUT2D eigenvalue weighted by Gasteiger charge is -2.38. The molecule has 3 aromatic rings. The zero-order valence-corrected chi connectivity index (χ0v) is 26.0. The molecule has 2 aliphatic heterocycles. The van der Waals surface area contributed by atoms with Crippen LogP contribution >= 0.6 is 0 Å². The van der Waals surface area contributed by atoms with E-state index in [0.29, 0.717) is 0 Å². The predicted molar refractivity (Wildman–Crippen MR) is 171 cm³/mol. The number of rotatable bonds is 3. The average molecular weight is 513 g/mol. The molecule has 0 aliphatic carbocycles. The lowest BCUT2D eigenvalue weighted by Crippen LogP contribution is -2.32. The molecule has 0 radical (unpaired) electrons. The second-order valence-electron chi connectivity index (χ2n) is 10.9. The molecule has 206 valence electrons. The molecule has 0 fully saturated rings. The fourth-order valence-electron chi connectivity index (χ4n) is 5.06. The number of benzene rings is 3. The largest absolute Gasteiger partial charge is 0.365 e. The Morgan fingerprint density at radius 2 is 1.37 bits per heavy atom. The molecular formula is C36H52N2. The van der Waals surface area contributed by atoms with Gasteiger partial charge in [0.05, 0.1) is 11.4 Å². The van der Waals surface area contributed by atoms with Gasteiger partial charge in [-0.1, -0.05) is 124 Å². The first-order valence-corrected chi connectivity index (χ1v) is 14.8. The SMILES string of the molecule is CC.CC.CCCC.Cc1cccc(C)c1C1=CNC2c3ccccc3-c3cc(CC(C)(C)C)ccc3N12. The summed E-state index contributed by atoms with van der Waals surface area (Å²) in [6.45, 7) is 23.7. The van der Waals surface area contributed by atoms with Crippen molar-refractivity contribution in [3.8, 4) is 11.1 Å². The minimum absolute atomic E-state index is 0.135. The minimum Gasteiger partial charge on any atom is -0.365 e. The Labute approximate surface area is 234 Å². The molecule has 38 heavy (non-hydrogen) atoms. The van der Waals surface area contributed by atoms with Crippen molar-refractivity contribution in [2.24, 2.45) is 5.41 Å². The van der Waals surface area contributed by atoms with Crippen LogP contribution in [0.5, 0.6) is 0 Å². The summed E-state index contributed by atoms with van der Waals surface area (Å²) < 4.78 is 0. The maximum Gasteiger partial charge on any atom is 0.130 e. The summed E-state index contributed by atoms with van der Waals surface area (Å²) in [5, 5.41) is 3.68. The van der Waals surface area contributed by atoms with Crippen molar-refractivity contribution in [2.75, 3.05) is 4.90 Å². The molecule has 1 atom stereocenters. The Kier molecular flexibility index (Phi) is 11.7. The zero-order chi connectivity index (χ0) is 28.5. The second-order valence-corrected chi connectivity index (χ2v) is 10.9. The van der Waals surface area contributed by atoms with Crippen molar-refractivity contribution in [3.63, 3.8) is 0 Å². The predicted octanol–water partition coefficient (Wildman–Crippen LogP) is 10.8. The third-order valence-electron chi connectivity index (χ3n) is 6.73. The van der Waals surface area contributed by atoms with Gasteiger partial charge in [0.15, 0.2) is 0 Å². The third-order valence-corrected chi connectivity index (χ3v) is 6.73. The van der Waals surface area contributed by atoms with Gasteiger partial charge in [-0.15, -0.1) is 0 Å². The zero-order valence-electron chi connectivity index (χ0n) is 26.0. The maximum absolute atomic E-state index is 3.68. The van der Waals surface area contributed by atoms with Gasteiger partial charge in [-0.3, -0.25) is 0 Å². The van der Waals surface area contributed by atoms with Crippen molar-refractivity contribution >= 4 is 11.4 Å². The summed E-state index contributed by atoms with van der Waals surface area (Å²) in [6.07, 6.45) is 6.05. The quantitative estimate of drug-likeness (QED) is 0.375. The molecule has 0 saturated heterocycles. The van der Waals surface area contributed by atoms with E-state index in [1.165, 1.54) is 63.2 Å². The van der Waals surface area contributed by atoms with Crippen molar-refractivity contribution in [1.82, 2.24) is 5.32 Å². The smallest absolute Gasteiger partial charge is 0.130 e. The molecule has 1 N–H and O–H groups in total. The molecule has 2 heterocycles. The van der Waals surface area contributed by atoms with E-state index in [4.69, 9.17) is 0 Å². The van der Waals surface area contributed by atoms with Gasteiger partial charge in [-0.05, 0) is 60.1 Å². The van der Waals surface area contributed by atoms with E-state index in [1.54, 1.807) is 0 Å². The van der Waals surface area contributed by atoms with Crippen LogP contribution in [-0.4, -0.2) is 0 Å². The van der Waals surface area contributed by atoms with Gasteiger partial charge in [-0.2, -0.15) is 0 Å². The highest BCUT2D eigenvalue weighted by Gasteiger charge is 2.37. The third kappa shape index (κ3) is 6.90. The molecule has 0 saturated carbocycles. The average Bonchev–Trinajstić information content (AvgIpc) is 3.35. The van der Waals surface area contributed by atoms with Crippen molar-refractivity contribution in [1.29, 1.82) is 0 Å². The first-order valence-electron chi connectivity index (χ1n) is 14.8. The summed E-state index contributed by atoms with van der Waals surface area (Å²) in [5.74, 6) is 0. The fourth-order valence-corrected chi connectivity index (χ4v) is 5.06. The number of hydrogen-bond acceptors (Lipinski definition) is 2. The lowest BCUT2D eigenvalue weighted by molar-refractivity contribution is 0.411. The molecule has 1 unspecified atom stereocenters. The van der Waals surface area contributed by atoms with Crippen LogP contribution in [0.2, 0.25) is 0 Å². The molecule has 0 amide bonds. The lowest BCUT2D eigenvalue weighted by atomic mass is 9.84. The van der Waals surface area contributed by atoms with Gasteiger partial charge in [-0.25, -0.2) is 0 Å². The highest BCUT2D eigenvalue weighted by atomic mass is 15.3. The van der Waals surface area contributed by atoms with E-state index < -0.39 is 0 Å². The van der Waals surface area contributed by atoms with Crippen LogP contribution in [0.4, 0.5) is 5.69 Å². The van der Waals surface area contributed by atoms with E-state index >= 15 is 0 Å². The van der Waals surface area contributed by atoms with Crippen LogP contribution in [-0.2, 0) is 6.42 Å². The Morgan fingerprint density at radius 1 is 0.763 bits per heavy atom. The summed E-state index contributed by atoms with van der Waals surface area (Å²) >= 11 is 0. The number of aryl methyl sites for hydroxylation is 2. The van der Waals surface area contributed by atoms with Gasteiger partial charge in [0.25, 0.3) is 0 Å². The highest BCUT2D eigenvalue weighted by molar-refractivity contribution is 5.95. The summed E-state index contributed by atoms with van der Waals surface area (Å²) in [7, 11) is 0. The molecule has 2 heteroatoms. The number of unbranched alkanes of at least 4 members (excludes halogenated alkanes) is 1. The van der Waals surface area contributed by atoms with Crippen LogP contribution < -0.4 is 10.2 Å². The monoisotopic (exact) mass is 512 g/mol. The van der Waals surface area contributed by atoms with E-state index in [-0.39, 0.29) is 11.6 Å². The van der Waals surface area contributed by atoms with Crippen LogP contribution in [0, 0.1) is 19.3 Å². The molecule has 5 rings (SSSR count). The first-order chi connectivity index (χ1) is 18.2. The van der Waals surface area contributed by atoms with E-state index in [2.05, 4.69) is 126 Å². The second kappa shape index (κ2) is 14.2. The van der Waals surface area contributed by atoms with Gasteiger partial charge in [0.1, 0.15) is 6.17 Å². The van der Waals surface area contributed by atoms with E-state index in [9.17, 15) is 0 Å². The van der Waals surface area contributed by atoms with Gasteiger partial charge in [0.2, 0.25) is 0 Å². The van der Waals surface area contributed by atoms with Crippen molar-refractivity contribution < 1.29 is 0 Å². The molecule has 2 aliphatic rings. The summed E-state index contributed by atoms with van der Waals surface area (Å²) in [5.41, 5.74) is 12.2. The molecule has 0 spiro atoms. The van der Waals surface area contributed by atoms with Crippen LogP contribution in [0.3, 0.4) is 0 Å². The molecular weight excluding hydrogens is 460 g/mol. The molecule has 0 aromatic heterocycles. The van der Waals surface area contributed by atoms with Crippen molar-refractivity contribution in [3.05, 3.63) is 94.7 Å². The Hall–Kier alpha value is -3.00. The standard InChI is InChI=1S/C28H30N2.C4H10.2C2H6/c1-18-9-8-10-19(2)26(18)25-17-29-27-22-12-7-6-11-21(22)23-15-20(16-28(3,4)5)13-14-24(23)30(25)27;1-3-4-2;2*1-2/h6-15,17,27,29H,16H2,1-5H3;3-4H2,1-2H3;2*1-2H3. The minimum atomic E-state index is 0.135. The van der Waals surface area contributed by atoms with Gasteiger partial charge >= 0.3 is 0 Å². The Morgan fingerprint density at radius 3 is 1.95 bits per heavy atom. The van der Waals surface area contributed by atoms with Crippen molar-refractivity contribution in [2.45, 2.75) is 102 Å². The summed E-state index contributed by atoms with van der Waals surface area (Å²) in [6, 6.07) is 22.5. The normalized spacial score (nSPS) is 14.6. The first kappa shape index (κ1) is 31.2. The fraction of sp³-hybridized carbons (Fsp3) is 0.444. The number of fused-ring (bicyclic) bond motifs is 6. The van der Waals surface area contributed by atoms with Crippen LogP contribution in [0.1, 0.15) is 109 Å². The maximum atomic E-state index is 3.68. The molecule has 2 nitrogen and oxygen atoms in total. The van der Waals surface area contributed by atoms with Crippen LogP contribution in [0.15, 0.2) is 66.9 Å². The number of nitrogens with one attached hydrogen (secondary N) is 1. The molecule has 3 aromatic carbocycles. The Balaban J connectivity index is 0.000000571. The summed E-state index contributed by atoms with van der Waals surface area (Å²) in [4.78, 5) is 2.49.